The summed E-state index contributed by atoms with van der Waals surface area (Å²) in [5.74, 6) is 7.45. The number of hydrogen-bond donors (Lipinski definition) is 2. The van der Waals surface area contributed by atoms with Crippen molar-refractivity contribution in [1.82, 2.24) is 20.2 Å². The minimum Gasteiger partial charge on any atom is -0.496 e. The van der Waals surface area contributed by atoms with Gasteiger partial charge in [-0.1, -0.05) is 53.7 Å². The highest BCUT2D eigenvalue weighted by Gasteiger charge is 2.14. The standard InChI is InChI=1S/C19H20ClN5O2S/c1-27-16-8-3-2-5-13(16)9-10-22-17(26)12-28-19-24-23-18(25(19)21)14-6-4-7-15(20)11-14/h2-8,11H,9-10,12,21H2,1H3,(H,22,26). The largest absolute Gasteiger partial charge is 0.496 e. The second kappa shape index (κ2) is 9.48. The quantitative estimate of drug-likeness (QED) is 0.432. The van der Waals surface area contributed by atoms with E-state index in [1.165, 1.54) is 16.4 Å². The first-order valence-corrected chi connectivity index (χ1v) is 9.92. The van der Waals surface area contributed by atoms with E-state index in [1.807, 2.05) is 36.4 Å². The van der Waals surface area contributed by atoms with E-state index in [4.69, 9.17) is 22.2 Å². The lowest BCUT2D eigenvalue weighted by molar-refractivity contribution is -0.118. The smallest absolute Gasteiger partial charge is 0.230 e. The molecule has 0 unspecified atom stereocenters. The number of amides is 1. The molecule has 3 rings (SSSR count). The van der Waals surface area contributed by atoms with E-state index in [9.17, 15) is 4.79 Å². The lowest BCUT2D eigenvalue weighted by Gasteiger charge is -2.09. The van der Waals surface area contributed by atoms with Crippen LogP contribution in [0.2, 0.25) is 5.02 Å². The molecular weight excluding hydrogens is 398 g/mol. The van der Waals surface area contributed by atoms with Gasteiger partial charge in [-0.2, -0.15) is 0 Å². The van der Waals surface area contributed by atoms with Gasteiger partial charge in [0, 0.05) is 17.1 Å². The van der Waals surface area contributed by atoms with Crippen LogP contribution in [0.25, 0.3) is 11.4 Å². The molecule has 0 aliphatic rings. The number of halogens is 1. The Kier molecular flexibility index (Phi) is 6.78. The summed E-state index contributed by atoms with van der Waals surface area (Å²) < 4.78 is 6.67. The molecule has 0 radical (unpaired) electrons. The first-order valence-electron chi connectivity index (χ1n) is 8.56. The monoisotopic (exact) mass is 417 g/mol. The molecular formula is C19H20ClN5O2S. The van der Waals surface area contributed by atoms with Crippen molar-refractivity contribution >= 4 is 29.3 Å². The molecule has 9 heteroatoms. The minimum atomic E-state index is -0.104. The number of nitrogen functional groups attached to an aromatic ring is 1. The zero-order valence-electron chi connectivity index (χ0n) is 15.3. The van der Waals surface area contributed by atoms with Crippen molar-refractivity contribution in [3.05, 3.63) is 59.1 Å². The Morgan fingerprint density at radius 1 is 1.25 bits per heavy atom. The minimum absolute atomic E-state index is 0.104. The second-order valence-electron chi connectivity index (χ2n) is 5.89. The molecule has 1 aromatic heterocycles. The third-order valence-electron chi connectivity index (χ3n) is 3.99. The molecule has 1 amide bonds. The Labute approximate surface area is 172 Å². The van der Waals surface area contributed by atoms with Crippen LogP contribution in [-0.2, 0) is 11.2 Å². The van der Waals surface area contributed by atoms with Crippen molar-refractivity contribution in [3.8, 4) is 17.1 Å². The Hall–Kier alpha value is -2.71. The summed E-state index contributed by atoms with van der Waals surface area (Å²) in [7, 11) is 1.63. The summed E-state index contributed by atoms with van der Waals surface area (Å²) in [6, 6.07) is 14.9. The molecule has 0 saturated carbocycles. The molecule has 0 bridgehead atoms. The van der Waals surface area contributed by atoms with Crippen molar-refractivity contribution < 1.29 is 9.53 Å². The van der Waals surface area contributed by atoms with Gasteiger partial charge in [-0.25, -0.2) is 4.68 Å². The van der Waals surface area contributed by atoms with Gasteiger partial charge in [0.05, 0.1) is 12.9 Å². The second-order valence-corrected chi connectivity index (χ2v) is 7.27. The molecule has 0 saturated heterocycles. The van der Waals surface area contributed by atoms with E-state index in [1.54, 1.807) is 19.2 Å². The number of nitrogens with one attached hydrogen (secondary N) is 1. The lowest BCUT2D eigenvalue weighted by atomic mass is 10.1. The molecule has 3 N–H and O–H groups in total. The van der Waals surface area contributed by atoms with Crippen molar-refractivity contribution in [3.63, 3.8) is 0 Å². The summed E-state index contributed by atoms with van der Waals surface area (Å²) in [6.07, 6.45) is 0.687. The fourth-order valence-corrected chi connectivity index (χ4v) is 3.50. The van der Waals surface area contributed by atoms with Gasteiger partial charge in [-0.15, -0.1) is 10.2 Å². The molecule has 0 atom stereocenters. The molecule has 146 valence electrons. The average Bonchev–Trinajstić information content (AvgIpc) is 3.07. The number of carbonyl (C=O) groups is 1. The molecule has 2 aromatic carbocycles. The van der Waals surface area contributed by atoms with Crippen molar-refractivity contribution in [2.24, 2.45) is 0 Å². The van der Waals surface area contributed by atoms with Gasteiger partial charge in [0.25, 0.3) is 0 Å². The predicted octanol–water partition coefficient (Wildman–Crippen LogP) is 2.77. The number of nitrogens with two attached hydrogens (primary N) is 1. The van der Waals surface area contributed by atoms with Crippen molar-refractivity contribution in [1.29, 1.82) is 0 Å². The van der Waals surface area contributed by atoms with Gasteiger partial charge in [0.1, 0.15) is 5.75 Å². The Bertz CT molecular complexity index is 963. The maximum Gasteiger partial charge on any atom is 0.230 e. The van der Waals surface area contributed by atoms with Gasteiger partial charge < -0.3 is 15.9 Å². The van der Waals surface area contributed by atoms with Gasteiger partial charge in [-0.3, -0.25) is 4.79 Å². The van der Waals surface area contributed by atoms with Crippen LogP contribution in [0.5, 0.6) is 5.75 Å². The number of aromatic nitrogens is 3. The SMILES string of the molecule is COc1ccccc1CCNC(=O)CSc1nnc(-c2cccc(Cl)c2)n1N. The number of benzene rings is 2. The lowest BCUT2D eigenvalue weighted by Crippen LogP contribution is -2.27. The van der Waals surface area contributed by atoms with Crippen LogP contribution in [0, 0.1) is 0 Å². The fraction of sp³-hybridized carbons (Fsp3) is 0.211. The number of rotatable bonds is 8. The number of methoxy groups -OCH3 is 1. The number of ether oxygens (including phenoxy) is 1. The van der Waals surface area contributed by atoms with E-state index in [0.717, 1.165) is 16.9 Å². The molecule has 7 nitrogen and oxygen atoms in total. The van der Waals surface area contributed by atoms with Crippen LogP contribution >= 0.6 is 23.4 Å². The maximum atomic E-state index is 12.1. The van der Waals surface area contributed by atoms with E-state index in [2.05, 4.69) is 15.5 Å². The molecule has 0 aliphatic carbocycles. The molecule has 28 heavy (non-hydrogen) atoms. The summed E-state index contributed by atoms with van der Waals surface area (Å²) in [4.78, 5) is 12.1. The highest BCUT2D eigenvalue weighted by molar-refractivity contribution is 7.99. The highest BCUT2D eigenvalue weighted by atomic mass is 35.5. The van der Waals surface area contributed by atoms with Crippen LogP contribution in [0.15, 0.2) is 53.7 Å². The number of carbonyl (C=O) groups excluding carboxylic acids is 1. The topological polar surface area (TPSA) is 95.1 Å². The first kappa shape index (κ1) is 20.0. The highest BCUT2D eigenvalue weighted by Crippen LogP contribution is 2.23. The van der Waals surface area contributed by atoms with Crippen LogP contribution in [0.3, 0.4) is 0 Å². The molecule has 0 aliphatic heterocycles. The van der Waals surface area contributed by atoms with Crippen LogP contribution in [0.1, 0.15) is 5.56 Å². The Balaban J connectivity index is 1.51. The average molecular weight is 418 g/mol. The number of para-hydroxylation sites is 1. The van der Waals surface area contributed by atoms with Crippen molar-refractivity contribution in [2.45, 2.75) is 11.6 Å². The molecule has 1 heterocycles. The third-order valence-corrected chi connectivity index (χ3v) is 5.17. The fourth-order valence-electron chi connectivity index (χ4n) is 2.63. The molecule has 3 aromatic rings. The van der Waals surface area contributed by atoms with Gasteiger partial charge in [-0.05, 0) is 30.2 Å². The van der Waals surface area contributed by atoms with E-state index >= 15 is 0 Å². The first-order chi connectivity index (χ1) is 13.6. The van der Waals surface area contributed by atoms with Crippen LogP contribution < -0.4 is 15.9 Å². The van der Waals surface area contributed by atoms with Crippen molar-refractivity contribution in [2.75, 3.05) is 25.3 Å². The molecule has 0 spiro atoms. The number of nitrogens with zero attached hydrogens (tertiary/aromatic N) is 3. The summed E-state index contributed by atoms with van der Waals surface area (Å²) in [5.41, 5.74) is 1.81. The van der Waals surface area contributed by atoms with Crippen LogP contribution in [0.4, 0.5) is 0 Å². The zero-order chi connectivity index (χ0) is 19.9. The zero-order valence-corrected chi connectivity index (χ0v) is 16.8. The third kappa shape index (κ3) is 4.96. The van der Waals surface area contributed by atoms with Gasteiger partial charge in [0.15, 0.2) is 5.82 Å². The summed E-state index contributed by atoms with van der Waals surface area (Å²) in [6.45, 7) is 0.517. The van der Waals surface area contributed by atoms with Gasteiger partial charge in [0.2, 0.25) is 11.1 Å². The van der Waals surface area contributed by atoms with E-state index in [0.29, 0.717) is 29.0 Å². The van der Waals surface area contributed by atoms with E-state index in [-0.39, 0.29) is 11.7 Å². The summed E-state index contributed by atoms with van der Waals surface area (Å²) >= 11 is 7.23. The predicted molar refractivity (Wildman–Crippen MR) is 111 cm³/mol. The normalized spacial score (nSPS) is 10.6. The number of thioether (sulfide) groups is 1. The summed E-state index contributed by atoms with van der Waals surface area (Å²) in [5, 5.41) is 12.1. The molecule has 0 fully saturated rings. The van der Waals surface area contributed by atoms with E-state index < -0.39 is 0 Å². The Morgan fingerprint density at radius 2 is 2.07 bits per heavy atom. The van der Waals surface area contributed by atoms with Gasteiger partial charge >= 0.3 is 0 Å². The Morgan fingerprint density at radius 3 is 2.86 bits per heavy atom. The van der Waals surface area contributed by atoms with Crippen LogP contribution in [-0.4, -0.2) is 40.2 Å². The maximum absolute atomic E-state index is 12.1. The number of hydrogen-bond acceptors (Lipinski definition) is 6.